The summed E-state index contributed by atoms with van der Waals surface area (Å²) in [6.07, 6.45) is 23.4. The Labute approximate surface area is 203 Å². The maximum atomic E-state index is 13.0. The Kier molecular flexibility index (Phi) is 14.7. The first-order valence-electron chi connectivity index (χ1n) is 11.8. The third-order valence-electron chi connectivity index (χ3n) is 5.22. The van der Waals surface area contributed by atoms with Gasteiger partial charge in [-0.05, 0) is 62.8 Å². The molecule has 1 N–H and O–H groups in total. The van der Waals surface area contributed by atoms with Crippen molar-refractivity contribution in [2.45, 2.75) is 70.5 Å². The number of hydrogen-bond acceptors (Lipinski definition) is 4. The Morgan fingerprint density at radius 3 is 1.97 bits per heavy atom. The quantitative estimate of drug-likeness (QED) is 0.116. The zero-order valence-electron chi connectivity index (χ0n) is 20.2. The van der Waals surface area contributed by atoms with E-state index < -0.39 is 10.7 Å². The van der Waals surface area contributed by atoms with E-state index in [0.29, 0.717) is 12.8 Å². The van der Waals surface area contributed by atoms with Gasteiger partial charge in [0.05, 0.1) is 0 Å². The smallest absolute Gasteiger partial charge is 0.339 e. The minimum absolute atomic E-state index is 0.00300. The lowest BCUT2D eigenvalue weighted by Gasteiger charge is -2.28. The molecule has 0 atom stereocenters. The zero-order valence-corrected chi connectivity index (χ0v) is 21.0. The Bertz CT molecular complexity index is 832. The molecule has 0 aliphatic rings. The van der Waals surface area contributed by atoms with Crippen LogP contribution in [0.5, 0.6) is 5.75 Å². The molecule has 0 saturated carbocycles. The molecule has 1 rings (SSSR count). The average molecular weight is 471 g/mol. The van der Waals surface area contributed by atoms with Gasteiger partial charge in [0.15, 0.2) is 0 Å². The van der Waals surface area contributed by atoms with E-state index in [1.807, 2.05) is 13.8 Å². The van der Waals surface area contributed by atoms with Crippen LogP contribution in [0.1, 0.15) is 76.1 Å². The number of benzene rings is 1. The summed E-state index contributed by atoms with van der Waals surface area (Å²) >= 11 is 1.59. The number of hydrogen-bond donors (Lipinski definition) is 1. The number of rotatable bonds is 16. The fraction of sp³-hybridized carbons (Fsp3) is 0.429. The Morgan fingerprint density at radius 2 is 1.42 bits per heavy atom. The highest BCUT2D eigenvalue weighted by atomic mass is 32.2. The van der Waals surface area contributed by atoms with Gasteiger partial charge in [-0.3, -0.25) is 4.79 Å². The Hall–Kier alpha value is -2.53. The number of ether oxygens (including phenoxy) is 1. The van der Waals surface area contributed by atoms with Gasteiger partial charge in [-0.1, -0.05) is 81.5 Å². The van der Waals surface area contributed by atoms with Crippen LogP contribution in [0.25, 0.3) is 0 Å². The first-order chi connectivity index (χ1) is 16.0. The van der Waals surface area contributed by atoms with E-state index in [2.05, 4.69) is 55.5 Å². The molecule has 0 saturated heterocycles. The van der Waals surface area contributed by atoms with E-state index in [1.165, 1.54) is 12.1 Å². The largest absolute Gasteiger partial charge is 0.478 e. The molecule has 0 radical (unpaired) electrons. The Morgan fingerprint density at radius 1 is 0.879 bits per heavy atom. The number of aromatic carboxylic acids is 1. The van der Waals surface area contributed by atoms with Crippen molar-refractivity contribution in [3.8, 4) is 5.75 Å². The second-order valence-electron chi connectivity index (χ2n) is 7.53. The average Bonchev–Trinajstić information content (AvgIpc) is 2.82. The highest BCUT2D eigenvalue weighted by Gasteiger charge is 2.37. The van der Waals surface area contributed by atoms with Crippen LogP contribution in [-0.2, 0) is 4.79 Å². The molecule has 1 aromatic carbocycles. The van der Waals surface area contributed by atoms with Crippen molar-refractivity contribution in [1.82, 2.24) is 0 Å². The SMILES string of the molecule is CC/C=C\C/C=C\C/C=C\C/C=C\CCSC(CC)(CC)C(=O)Oc1ccccc1C(=O)O. The highest BCUT2D eigenvalue weighted by Crippen LogP contribution is 2.35. The first kappa shape index (κ1) is 28.5. The van der Waals surface area contributed by atoms with Crippen LogP contribution in [0.15, 0.2) is 72.9 Å². The molecule has 0 amide bonds. The third kappa shape index (κ3) is 10.8. The van der Waals surface area contributed by atoms with Gasteiger partial charge >= 0.3 is 11.9 Å². The summed E-state index contributed by atoms with van der Waals surface area (Å²) in [5.74, 6) is -0.591. The number of esters is 1. The van der Waals surface area contributed by atoms with Crippen LogP contribution in [0.3, 0.4) is 0 Å². The predicted octanol–water partition coefficient (Wildman–Crippen LogP) is 7.78. The maximum absolute atomic E-state index is 13.0. The minimum atomic E-state index is -1.11. The van der Waals surface area contributed by atoms with Crippen molar-refractivity contribution in [1.29, 1.82) is 0 Å². The van der Waals surface area contributed by atoms with Gasteiger partial charge in [0.2, 0.25) is 0 Å². The fourth-order valence-electron chi connectivity index (χ4n) is 3.15. The van der Waals surface area contributed by atoms with Gasteiger partial charge in [0.1, 0.15) is 16.1 Å². The summed E-state index contributed by atoms with van der Waals surface area (Å²) in [6, 6.07) is 6.25. The maximum Gasteiger partial charge on any atom is 0.339 e. The van der Waals surface area contributed by atoms with Crippen molar-refractivity contribution in [2.24, 2.45) is 0 Å². The van der Waals surface area contributed by atoms with Gasteiger partial charge < -0.3 is 9.84 Å². The van der Waals surface area contributed by atoms with Gasteiger partial charge in [0, 0.05) is 0 Å². The van der Waals surface area contributed by atoms with E-state index in [9.17, 15) is 14.7 Å². The summed E-state index contributed by atoms with van der Waals surface area (Å²) in [5, 5.41) is 9.33. The summed E-state index contributed by atoms with van der Waals surface area (Å²) in [6.45, 7) is 6.07. The predicted molar refractivity (Wildman–Crippen MR) is 140 cm³/mol. The summed E-state index contributed by atoms with van der Waals surface area (Å²) < 4.78 is 4.86. The number of para-hydroxylation sites is 1. The second-order valence-corrected chi connectivity index (χ2v) is 9.01. The third-order valence-corrected chi connectivity index (χ3v) is 6.95. The number of carboxylic acids is 1. The molecular formula is C28H38O4S. The van der Waals surface area contributed by atoms with Gasteiger partial charge in [-0.15, -0.1) is 11.8 Å². The molecule has 0 aliphatic heterocycles. The van der Waals surface area contributed by atoms with Gasteiger partial charge in [-0.2, -0.15) is 0 Å². The molecule has 0 bridgehead atoms. The molecular weight excluding hydrogens is 432 g/mol. The van der Waals surface area contributed by atoms with E-state index in [-0.39, 0.29) is 17.3 Å². The lowest BCUT2D eigenvalue weighted by Crippen LogP contribution is -2.38. The molecule has 0 aliphatic carbocycles. The number of carboxylic acid groups (broad SMARTS) is 1. The second kappa shape index (κ2) is 17.0. The van der Waals surface area contributed by atoms with Crippen molar-refractivity contribution < 1.29 is 19.4 Å². The lowest BCUT2D eigenvalue weighted by molar-refractivity contribution is -0.137. The Balaban J connectivity index is 2.46. The standard InChI is InChI=1S/C28H38O4S/c1-4-7-8-9-10-11-12-13-14-15-16-17-20-23-33-28(5-2,6-3)27(31)32-25-22-19-18-21-24(25)26(29)30/h7-8,10-11,13-14,16-19,21-22H,4-6,9,12,15,20,23H2,1-3H3,(H,29,30)/b8-7-,11-10-,14-13-,17-16-. The van der Waals surface area contributed by atoms with Crippen LogP contribution in [0.2, 0.25) is 0 Å². The summed E-state index contributed by atoms with van der Waals surface area (Å²) in [5.41, 5.74) is -0.00300. The van der Waals surface area contributed by atoms with Crippen molar-refractivity contribution >= 4 is 23.7 Å². The van der Waals surface area contributed by atoms with Crippen molar-refractivity contribution in [2.75, 3.05) is 5.75 Å². The van der Waals surface area contributed by atoms with Crippen LogP contribution in [0, 0.1) is 0 Å². The molecule has 0 spiro atoms. The van der Waals surface area contributed by atoms with Gasteiger partial charge in [0.25, 0.3) is 0 Å². The van der Waals surface area contributed by atoms with Crippen LogP contribution < -0.4 is 4.74 Å². The summed E-state index contributed by atoms with van der Waals surface area (Å²) in [4.78, 5) is 24.4. The molecule has 4 nitrogen and oxygen atoms in total. The van der Waals surface area contributed by atoms with Crippen molar-refractivity contribution in [3.63, 3.8) is 0 Å². The fourth-order valence-corrected chi connectivity index (χ4v) is 4.36. The van der Waals surface area contributed by atoms with E-state index in [4.69, 9.17) is 4.74 Å². The normalized spacial score (nSPS) is 12.5. The first-order valence-corrected chi connectivity index (χ1v) is 12.8. The number of thioether (sulfide) groups is 1. The highest BCUT2D eigenvalue weighted by molar-refractivity contribution is 8.01. The number of allylic oxidation sites excluding steroid dienone is 8. The van der Waals surface area contributed by atoms with Crippen LogP contribution >= 0.6 is 11.8 Å². The van der Waals surface area contributed by atoms with Crippen molar-refractivity contribution in [3.05, 3.63) is 78.4 Å². The topological polar surface area (TPSA) is 63.6 Å². The molecule has 0 heterocycles. The minimum Gasteiger partial charge on any atom is -0.478 e. The van der Waals surface area contributed by atoms with E-state index >= 15 is 0 Å². The molecule has 0 aromatic heterocycles. The molecule has 5 heteroatoms. The molecule has 1 aromatic rings. The number of carbonyl (C=O) groups excluding carboxylic acids is 1. The number of carbonyl (C=O) groups is 2. The van der Waals surface area contributed by atoms with Crippen LogP contribution in [-0.4, -0.2) is 27.5 Å². The van der Waals surface area contributed by atoms with E-state index in [0.717, 1.165) is 37.9 Å². The molecule has 180 valence electrons. The van der Waals surface area contributed by atoms with E-state index in [1.54, 1.807) is 23.9 Å². The molecule has 0 fully saturated rings. The molecule has 33 heavy (non-hydrogen) atoms. The van der Waals surface area contributed by atoms with Gasteiger partial charge in [-0.25, -0.2) is 4.79 Å². The lowest BCUT2D eigenvalue weighted by atomic mass is 10.0. The van der Waals surface area contributed by atoms with Crippen LogP contribution in [0.4, 0.5) is 0 Å². The monoisotopic (exact) mass is 470 g/mol. The zero-order chi connectivity index (χ0) is 24.4. The summed E-state index contributed by atoms with van der Waals surface area (Å²) in [7, 11) is 0. The molecule has 0 unspecified atom stereocenters.